The standard InChI is InChI=1S/C8H10N4O2.BrH/c1-10-4-9-6-5(10)7(13)12(3)8(14)11(6)2;/h4H,1-3H3;1H. The van der Waals surface area contributed by atoms with E-state index in [4.69, 9.17) is 0 Å². The first-order chi connectivity index (χ1) is 6.54. The van der Waals surface area contributed by atoms with E-state index in [1.165, 1.54) is 11.6 Å². The van der Waals surface area contributed by atoms with Crippen molar-refractivity contribution in [3.63, 3.8) is 0 Å². The topological polar surface area (TPSA) is 60.8 Å². The van der Waals surface area contributed by atoms with Gasteiger partial charge in [-0.1, -0.05) is 0 Å². The number of halogens is 1. The molecule has 0 radical (unpaired) electrons. The molecule has 2 rings (SSSR count). The molecule has 6 nitrogen and oxygen atoms in total. The lowest BCUT2D eigenvalue weighted by Crippen LogP contribution is -3.03. The Morgan fingerprint density at radius 2 is 1.87 bits per heavy atom. The van der Waals surface area contributed by atoms with Crippen molar-refractivity contribution in [3.8, 4) is 0 Å². The summed E-state index contributed by atoms with van der Waals surface area (Å²) < 4.78 is 2.47. The van der Waals surface area contributed by atoms with E-state index in [9.17, 15) is 9.59 Å². The molecule has 0 fully saturated rings. The molecule has 0 aromatic carbocycles. The summed E-state index contributed by atoms with van der Waals surface area (Å²) in [5.74, 6) is 0.454. The van der Waals surface area contributed by atoms with Crippen LogP contribution in [0.5, 0.6) is 0 Å². The minimum Gasteiger partial charge on any atom is -1.00 e. The number of aliphatic imine (C=N–C) groups is 1. The number of hydrogen-bond donors (Lipinski definition) is 1. The number of quaternary nitrogens is 1. The number of aromatic nitrogens is 2. The first kappa shape index (κ1) is 11.9. The average molecular weight is 275 g/mol. The molecule has 0 amide bonds. The van der Waals surface area contributed by atoms with Crippen LogP contribution in [0.15, 0.2) is 14.6 Å². The van der Waals surface area contributed by atoms with Crippen molar-refractivity contribution >= 4 is 17.8 Å². The Hall–Kier alpha value is -1.21. The first-order valence-corrected chi connectivity index (χ1v) is 4.22. The van der Waals surface area contributed by atoms with Gasteiger partial charge in [0.1, 0.15) is 0 Å². The Kier molecular flexibility index (Phi) is 2.96. The van der Waals surface area contributed by atoms with Gasteiger partial charge < -0.3 is 17.0 Å². The Morgan fingerprint density at radius 3 is 2.47 bits per heavy atom. The maximum atomic E-state index is 11.7. The van der Waals surface area contributed by atoms with Crippen LogP contribution in [-0.4, -0.2) is 22.5 Å². The molecule has 0 bridgehead atoms. The normalized spacial score (nSPS) is 17.4. The summed E-state index contributed by atoms with van der Waals surface area (Å²) in [7, 11) is 4.88. The van der Waals surface area contributed by atoms with E-state index in [1.807, 2.05) is 0 Å². The third kappa shape index (κ3) is 1.47. The number of hydrogen-bond acceptors (Lipinski definition) is 3. The Balaban J connectivity index is 0.00000112. The van der Waals surface area contributed by atoms with Crippen LogP contribution in [0.1, 0.15) is 0 Å². The second-order valence-electron chi connectivity index (χ2n) is 3.35. The monoisotopic (exact) mass is 274 g/mol. The maximum absolute atomic E-state index is 11.7. The van der Waals surface area contributed by atoms with E-state index in [-0.39, 0.29) is 28.2 Å². The molecule has 1 N–H and O–H groups in total. The van der Waals surface area contributed by atoms with Gasteiger partial charge in [-0.2, -0.15) is 4.99 Å². The van der Waals surface area contributed by atoms with Gasteiger partial charge in [0.15, 0.2) is 6.34 Å². The van der Waals surface area contributed by atoms with Gasteiger partial charge in [0.2, 0.25) is 11.5 Å². The third-order valence-electron chi connectivity index (χ3n) is 2.41. The molecule has 82 valence electrons. The van der Waals surface area contributed by atoms with Crippen molar-refractivity contribution in [3.05, 3.63) is 20.8 Å². The summed E-state index contributed by atoms with van der Waals surface area (Å²) in [6, 6.07) is 0. The number of nitrogens with zero attached hydrogens (tertiary/aromatic N) is 3. The van der Waals surface area contributed by atoms with E-state index in [0.29, 0.717) is 11.5 Å². The van der Waals surface area contributed by atoms with Crippen molar-refractivity contribution in [2.75, 3.05) is 7.05 Å². The molecule has 1 aromatic rings. The van der Waals surface area contributed by atoms with Gasteiger partial charge in [-0.05, 0) is 0 Å². The molecule has 0 saturated heterocycles. The summed E-state index contributed by atoms with van der Waals surface area (Å²) in [5, 5.41) is 0. The molecular formula is C8H11BrN4O2. The molecule has 0 spiro atoms. The minimum atomic E-state index is -0.347. The summed E-state index contributed by atoms with van der Waals surface area (Å²) in [5.41, 5.74) is -0.103. The van der Waals surface area contributed by atoms with Crippen LogP contribution in [0.3, 0.4) is 0 Å². The largest absolute Gasteiger partial charge is 1.00 e. The predicted octanol–water partition coefficient (Wildman–Crippen LogP) is -5.09. The van der Waals surface area contributed by atoms with Crippen molar-refractivity contribution < 1.29 is 21.9 Å². The fourth-order valence-electron chi connectivity index (χ4n) is 1.55. The van der Waals surface area contributed by atoms with Crippen LogP contribution in [0, 0.1) is 0 Å². The van der Waals surface area contributed by atoms with Gasteiger partial charge in [-0.25, -0.2) is 4.79 Å². The molecule has 1 aliphatic rings. The van der Waals surface area contributed by atoms with E-state index in [0.717, 1.165) is 9.47 Å². The van der Waals surface area contributed by atoms with Crippen LogP contribution in [0.2, 0.25) is 0 Å². The molecule has 2 heterocycles. The van der Waals surface area contributed by atoms with Crippen molar-refractivity contribution in [2.45, 2.75) is 0 Å². The van der Waals surface area contributed by atoms with Crippen molar-refractivity contribution in [2.24, 2.45) is 19.1 Å². The Labute approximate surface area is 96.2 Å². The number of fused-ring (bicyclic) bond motifs is 1. The second-order valence-corrected chi connectivity index (χ2v) is 3.35. The van der Waals surface area contributed by atoms with Crippen LogP contribution in [0.4, 0.5) is 11.5 Å². The molecule has 1 aromatic heterocycles. The average Bonchev–Trinajstić information content (AvgIpc) is 2.54. The van der Waals surface area contributed by atoms with Gasteiger partial charge in [0.25, 0.3) is 0 Å². The lowest BCUT2D eigenvalue weighted by Gasteiger charge is -2.06. The lowest BCUT2D eigenvalue weighted by atomic mass is 10.4. The zero-order chi connectivity index (χ0) is 10.5. The SMILES string of the molecule is Cn1c2c(c(=O)n(C)c1=O)[NH+](C)C=N2.[Br-]. The molecule has 1 atom stereocenters. The highest BCUT2D eigenvalue weighted by Gasteiger charge is 2.26. The molecule has 1 unspecified atom stereocenters. The van der Waals surface area contributed by atoms with E-state index in [2.05, 4.69) is 4.99 Å². The van der Waals surface area contributed by atoms with Crippen molar-refractivity contribution in [1.29, 1.82) is 0 Å². The Morgan fingerprint density at radius 1 is 1.27 bits per heavy atom. The number of rotatable bonds is 0. The highest BCUT2D eigenvalue weighted by molar-refractivity contribution is 5.68. The zero-order valence-electron chi connectivity index (χ0n) is 8.61. The zero-order valence-corrected chi connectivity index (χ0v) is 10.2. The molecule has 1 aliphatic heterocycles. The summed E-state index contributed by atoms with van der Waals surface area (Å²) in [6.45, 7) is 0. The molecular weight excluding hydrogens is 264 g/mol. The highest BCUT2D eigenvalue weighted by atomic mass is 79.9. The van der Waals surface area contributed by atoms with Crippen molar-refractivity contribution in [1.82, 2.24) is 9.13 Å². The maximum Gasteiger partial charge on any atom is 0.332 e. The first-order valence-electron chi connectivity index (χ1n) is 4.22. The van der Waals surface area contributed by atoms with Crippen LogP contribution >= 0.6 is 0 Å². The fourth-order valence-corrected chi connectivity index (χ4v) is 1.55. The van der Waals surface area contributed by atoms with Gasteiger partial charge >= 0.3 is 11.2 Å². The van der Waals surface area contributed by atoms with Gasteiger partial charge in [-0.15, -0.1) is 0 Å². The van der Waals surface area contributed by atoms with E-state index >= 15 is 0 Å². The lowest BCUT2D eigenvalue weighted by molar-refractivity contribution is -0.694. The summed E-state index contributed by atoms with van der Waals surface area (Å²) >= 11 is 0. The smallest absolute Gasteiger partial charge is 0.332 e. The molecule has 0 aliphatic carbocycles. The molecule has 0 saturated carbocycles. The van der Waals surface area contributed by atoms with E-state index in [1.54, 1.807) is 20.4 Å². The van der Waals surface area contributed by atoms with Crippen LogP contribution < -0.4 is 33.1 Å². The van der Waals surface area contributed by atoms with E-state index < -0.39 is 0 Å². The Bertz CT molecular complexity index is 543. The van der Waals surface area contributed by atoms with Gasteiger partial charge in [-0.3, -0.25) is 18.8 Å². The second kappa shape index (κ2) is 3.74. The van der Waals surface area contributed by atoms with Crippen LogP contribution in [-0.2, 0) is 14.1 Å². The fraction of sp³-hybridized carbons (Fsp3) is 0.375. The molecule has 7 heteroatoms. The quantitative estimate of drug-likeness (QED) is 0.515. The molecule has 15 heavy (non-hydrogen) atoms. The van der Waals surface area contributed by atoms with Gasteiger partial charge in [0.05, 0.1) is 7.05 Å². The van der Waals surface area contributed by atoms with Gasteiger partial charge in [0, 0.05) is 14.1 Å². The minimum absolute atomic E-state index is 0. The third-order valence-corrected chi connectivity index (χ3v) is 2.41. The summed E-state index contributed by atoms with van der Waals surface area (Å²) in [4.78, 5) is 28.0. The highest BCUT2D eigenvalue weighted by Crippen LogP contribution is 2.15. The van der Waals surface area contributed by atoms with Crippen LogP contribution in [0.25, 0.3) is 0 Å². The number of nitrogens with one attached hydrogen (secondary N) is 1. The predicted molar refractivity (Wildman–Crippen MR) is 51.6 cm³/mol. The summed E-state index contributed by atoms with van der Waals surface area (Å²) in [6.07, 6.45) is 1.60.